The molecule has 0 spiro atoms. The Hall–Kier alpha value is -1.24. The van der Waals surface area contributed by atoms with Crippen molar-refractivity contribution in [2.75, 3.05) is 24.6 Å². The van der Waals surface area contributed by atoms with Crippen LogP contribution in [0.5, 0.6) is 0 Å². The Morgan fingerprint density at radius 3 is 1.30 bits per heavy atom. The zero-order valence-electron chi connectivity index (χ0n) is 26.1. The van der Waals surface area contributed by atoms with Gasteiger partial charge in [-0.1, -0.05) is 116 Å². The summed E-state index contributed by atoms with van der Waals surface area (Å²) >= 11 is 2.11. The molecule has 0 bridgehead atoms. The van der Waals surface area contributed by atoms with Crippen LogP contribution in [0.2, 0.25) is 0 Å². The lowest BCUT2D eigenvalue weighted by atomic mass is 10.1. The first kappa shape index (κ1) is 38.8. The molecule has 6 nitrogen and oxygen atoms in total. The minimum Gasteiger partial charge on any atom is -0.481 e. The van der Waals surface area contributed by atoms with Crippen molar-refractivity contribution in [2.45, 2.75) is 167 Å². The van der Waals surface area contributed by atoms with E-state index in [1.165, 1.54) is 114 Å². The van der Waals surface area contributed by atoms with Crippen LogP contribution in [-0.2, 0) is 14.4 Å². The molecule has 0 fully saturated rings. The second-order valence-corrected chi connectivity index (χ2v) is 12.6. The van der Waals surface area contributed by atoms with E-state index in [1.54, 1.807) is 0 Å². The summed E-state index contributed by atoms with van der Waals surface area (Å²) in [6.45, 7) is 3.29. The van der Waals surface area contributed by atoms with Gasteiger partial charge < -0.3 is 15.7 Å². The van der Waals surface area contributed by atoms with E-state index < -0.39 is 5.97 Å². The fourth-order valence-corrected chi connectivity index (χ4v) is 5.84. The van der Waals surface area contributed by atoms with Crippen LogP contribution >= 0.6 is 11.8 Å². The Morgan fingerprint density at radius 1 is 0.475 bits per heavy atom. The van der Waals surface area contributed by atoms with Crippen molar-refractivity contribution in [3.63, 3.8) is 0 Å². The molecule has 0 aromatic heterocycles. The second-order valence-electron chi connectivity index (χ2n) is 11.4. The Labute approximate surface area is 251 Å². The highest BCUT2D eigenvalue weighted by molar-refractivity contribution is 7.99. The quantitative estimate of drug-likeness (QED) is 0.0687. The molecule has 0 heterocycles. The number of carboxylic acid groups (broad SMARTS) is 1. The maximum Gasteiger partial charge on any atom is 0.305 e. The number of nitrogens with one attached hydrogen (secondary N) is 2. The Kier molecular flexibility index (Phi) is 31.3. The lowest BCUT2D eigenvalue weighted by Crippen LogP contribution is -2.25. The third-order valence-electron chi connectivity index (χ3n) is 7.40. The van der Waals surface area contributed by atoms with Gasteiger partial charge in [0.1, 0.15) is 0 Å². The number of carboxylic acids is 1. The Balaban J connectivity index is 3.21. The normalized spacial score (nSPS) is 11.0. The van der Waals surface area contributed by atoms with Gasteiger partial charge in [-0.05, 0) is 43.6 Å². The van der Waals surface area contributed by atoms with Crippen molar-refractivity contribution < 1.29 is 19.5 Å². The van der Waals surface area contributed by atoms with Gasteiger partial charge in [0.25, 0.3) is 0 Å². The molecule has 0 atom stereocenters. The summed E-state index contributed by atoms with van der Waals surface area (Å²) in [6.07, 6.45) is 28.8. The lowest BCUT2D eigenvalue weighted by Gasteiger charge is -2.06. The molecular formula is C33H64N2O4S. The predicted molar refractivity (Wildman–Crippen MR) is 172 cm³/mol. The predicted octanol–water partition coefficient (Wildman–Crippen LogP) is 8.81. The topological polar surface area (TPSA) is 95.5 Å². The second kappa shape index (κ2) is 32.3. The molecule has 0 aromatic rings. The average Bonchev–Trinajstić information content (AvgIpc) is 2.93. The van der Waals surface area contributed by atoms with Crippen LogP contribution in [-0.4, -0.2) is 47.5 Å². The van der Waals surface area contributed by atoms with Crippen LogP contribution in [0.3, 0.4) is 0 Å². The third kappa shape index (κ3) is 33.0. The maximum absolute atomic E-state index is 12.0. The first-order chi connectivity index (χ1) is 19.6. The van der Waals surface area contributed by atoms with Crippen molar-refractivity contribution in [1.82, 2.24) is 10.6 Å². The minimum absolute atomic E-state index is 0.0195. The summed E-state index contributed by atoms with van der Waals surface area (Å²) in [5.74, 6) is 1.87. The van der Waals surface area contributed by atoms with Crippen molar-refractivity contribution in [2.24, 2.45) is 0 Å². The summed E-state index contributed by atoms with van der Waals surface area (Å²) in [5.41, 5.74) is 0. The van der Waals surface area contributed by atoms with Crippen LogP contribution < -0.4 is 10.6 Å². The molecule has 7 heteroatoms. The fourth-order valence-electron chi connectivity index (χ4n) is 4.82. The number of aliphatic carboxylic acids is 1. The first-order valence-electron chi connectivity index (χ1n) is 16.9. The van der Waals surface area contributed by atoms with E-state index in [1.807, 2.05) is 0 Å². The van der Waals surface area contributed by atoms with Crippen LogP contribution in [0.4, 0.5) is 0 Å². The van der Waals surface area contributed by atoms with Crippen molar-refractivity contribution in [1.29, 1.82) is 0 Å². The zero-order chi connectivity index (χ0) is 29.4. The molecule has 2 amide bonds. The van der Waals surface area contributed by atoms with Crippen molar-refractivity contribution in [3.8, 4) is 0 Å². The van der Waals surface area contributed by atoms with Gasteiger partial charge >= 0.3 is 5.97 Å². The lowest BCUT2D eigenvalue weighted by molar-refractivity contribution is -0.137. The summed E-state index contributed by atoms with van der Waals surface area (Å²) in [4.78, 5) is 34.0. The van der Waals surface area contributed by atoms with Gasteiger partial charge in [-0.2, -0.15) is 11.8 Å². The molecule has 0 aliphatic rings. The van der Waals surface area contributed by atoms with Crippen molar-refractivity contribution >= 4 is 29.5 Å². The van der Waals surface area contributed by atoms with E-state index in [9.17, 15) is 14.4 Å². The summed E-state index contributed by atoms with van der Waals surface area (Å²) in [7, 11) is 0. The molecule has 3 N–H and O–H groups in total. The minimum atomic E-state index is -0.886. The standard InChI is InChI=1S/C33H64N2O4S/c1-2-3-4-5-6-7-10-13-17-22-29-40-30-23-18-15-20-24-31(36)34-27-21-16-12-9-8-11-14-19-25-32(37)35-28-26-33(38)39/h2-30H2,1H3,(H,34,36)(H,35,37)(H,38,39). The molecule has 40 heavy (non-hydrogen) atoms. The van der Waals surface area contributed by atoms with Gasteiger partial charge in [-0.3, -0.25) is 14.4 Å². The Morgan fingerprint density at radius 2 is 0.850 bits per heavy atom. The van der Waals surface area contributed by atoms with Gasteiger partial charge in [0, 0.05) is 25.9 Å². The summed E-state index contributed by atoms with van der Waals surface area (Å²) in [5, 5.41) is 14.3. The monoisotopic (exact) mass is 584 g/mol. The fraction of sp³-hybridized carbons (Fsp3) is 0.909. The number of carbonyl (C=O) groups excluding carboxylic acids is 2. The number of unbranched alkanes of at least 4 members (excludes halogenated alkanes) is 19. The zero-order valence-corrected chi connectivity index (χ0v) is 26.9. The molecule has 0 aromatic carbocycles. The largest absolute Gasteiger partial charge is 0.481 e. The number of hydrogen-bond acceptors (Lipinski definition) is 4. The Bertz CT molecular complexity index is 589. The number of hydrogen-bond donors (Lipinski definition) is 3. The molecule has 0 radical (unpaired) electrons. The van der Waals surface area contributed by atoms with Gasteiger partial charge in [0.2, 0.25) is 11.8 Å². The molecule has 0 aliphatic heterocycles. The molecule has 0 saturated carbocycles. The van der Waals surface area contributed by atoms with Gasteiger partial charge in [-0.25, -0.2) is 0 Å². The van der Waals surface area contributed by atoms with Crippen LogP contribution in [0.1, 0.15) is 167 Å². The van der Waals surface area contributed by atoms with E-state index in [0.717, 1.165) is 45.1 Å². The van der Waals surface area contributed by atoms with E-state index in [0.29, 0.717) is 12.8 Å². The number of carbonyl (C=O) groups is 3. The molecule has 0 rings (SSSR count). The molecule has 0 aliphatic carbocycles. The highest BCUT2D eigenvalue weighted by atomic mass is 32.2. The van der Waals surface area contributed by atoms with E-state index >= 15 is 0 Å². The smallest absolute Gasteiger partial charge is 0.305 e. The number of thioether (sulfide) groups is 1. The summed E-state index contributed by atoms with van der Waals surface area (Å²) < 4.78 is 0. The molecule has 0 saturated heterocycles. The SMILES string of the molecule is CCCCCCCCCCCCSCCCCCCC(=O)NCCCCCCCCCCC(=O)NCCC(=O)O. The number of amides is 2. The molecule has 0 unspecified atom stereocenters. The third-order valence-corrected chi connectivity index (χ3v) is 8.55. The number of rotatable bonds is 32. The average molecular weight is 585 g/mol. The van der Waals surface area contributed by atoms with E-state index in [-0.39, 0.29) is 24.8 Å². The maximum atomic E-state index is 12.0. The van der Waals surface area contributed by atoms with Crippen LogP contribution in [0, 0.1) is 0 Å². The van der Waals surface area contributed by atoms with Crippen LogP contribution in [0.25, 0.3) is 0 Å². The van der Waals surface area contributed by atoms with Crippen molar-refractivity contribution in [3.05, 3.63) is 0 Å². The molecular weight excluding hydrogens is 520 g/mol. The van der Waals surface area contributed by atoms with Gasteiger partial charge in [0.05, 0.1) is 6.42 Å². The van der Waals surface area contributed by atoms with Gasteiger partial charge in [-0.15, -0.1) is 0 Å². The summed E-state index contributed by atoms with van der Waals surface area (Å²) in [6, 6.07) is 0. The van der Waals surface area contributed by atoms with E-state index in [4.69, 9.17) is 5.11 Å². The highest BCUT2D eigenvalue weighted by Gasteiger charge is 2.03. The van der Waals surface area contributed by atoms with Crippen LogP contribution in [0.15, 0.2) is 0 Å². The molecule has 236 valence electrons. The highest BCUT2D eigenvalue weighted by Crippen LogP contribution is 2.14. The van der Waals surface area contributed by atoms with E-state index in [2.05, 4.69) is 29.3 Å². The van der Waals surface area contributed by atoms with Gasteiger partial charge in [0.15, 0.2) is 0 Å². The first-order valence-corrected chi connectivity index (χ1v) is 18.0.